The Balaban J connectivity index is 3.34. The van der Waals surface area contributed by atoms with Gasteiger partial charge in [0.1, 0.15) is 0 Å². The van der Waals surface area contributed by atoms with Crippen molar-refractivity contribution in [3.63, 3.8) is 0 Å². The number of ether oxygens (including phenoxy) is 1. The molecule has 6 nitrogen and oxygen atoms in total. The van der Waals surface area contributed by atoms with Gasteiger partial charge >= 0.3 is 5.97 Å². The molecule has 0 aromatic carbocycles. The summed E-state index contributed by atoms with van der Waals surface area (Å²) >= 11 is 0. The number of unbranched alkanes of at least 4 members (excludes halogenated alkanes) is 53. The van der Waals surface area contributed by atoms with Crippen molar-refractivity contribution in [1.82, 2.24) is 5.32 Å². The van der Waals surface area contributed by atoms with Crippen LogP contribution in [0.15, 0.2) is 24.3 Å². The summed E-state index contributed by atoms with van der Waals surface area (Å²) in [5, 5.41) is 23.3. The molecule has 0 bridgehead atoms. The highest BCUT2D eigenvalue weighted by Gasteiger charge is 2.20. The number of allylic oxidation sites excluding steroid dienone is 4. The number of aliphatic hydroxyl groups excluding tert-OH is 2. The lowest BCUT2D eigenvalue weighted by molar-refractivity contribution is -0.143. The van der Waals surface area contributed by atoms with Gasteiger partial charge in [0.25, 0.3) is 0 Å². The SMILES string of the molecule is CCCCCCCCC/C=C\CCCCCCCC(=O)OCCCCCCCCCCCCCC/C=C\CCCCCCCCCCCCCCCCCCC(=O)NC(CO)C(O)CCCCCCCCCCCCCCCC. The summed E-state index contributed by atoms with van der Waals surface area (Å²) < 4.78 is 5.50. The standard InChI is InChI=1S/C73H141NO5/c1-3-5-7-9-11-13-15-17-19-39-43-47-51-55-59-63-67-73(78)79-68-64-60-56-52-48-44-40-37-35-33-31-29-27-25-23-21-20-22-24-26-28-30-32-34-36-38-42-46-50-54-58-62-66-72(77)74-70(69-75)71(76)65-61-57-53-49-45-41-18-16-14-12-10-8-6-4-2/h19,23,25,39,70-71,75-76H,3-18,20-22,24,26-38,40-69H2,1-2H3,(H,74,77)/b25-23-,39-19-. The predicted molar refractivity (Wildman–Crippen MR) is 347 cm³/mol. The summed E-state index contributed by atoms with van der Waals surface area (Å²) in [5.41, 5.74) is 0. The topological polar surface area (TPSA) is 95.9 Å². The van der Waals surface area contributed by atoms with Crippen LogP contribution in [0, 0.1) is 0 Å². The number of esters is 1. The first-order chi connectivity index (χ1) is 39.0. The molecule has 2 unspecified atom stereocenters. The monoisotopic (exact) mass is 1110 g/mol. The molecule has 0 spiro atoms. The Morgan fingerprint density at radius 1 is 0.342 bits per heavy atom. The van der Waals surface area contributed by atoms with Crippen LogP contribution < -0.4 is 5.32 Å². The highest BCUT2D eigenvalue weighted by molar-refractivity contribution is 5.76. The zero-order valence-corrected chi connectivity index (χ0v) is 53.6. The molecular weight excluding hydrogens is 971 g/mol. The minimum atomic E-state index is -0.662. The summed E-state index contributed by atoms with van der Waals surface area (Å²) in [6.45, 7) is 4.98. The van der Waals surface area contributed by atoms with E-state index in [0.29, 0.717) is 25.9 Å². The van der Waals surface area contributed by atoms with E-state index in [0.717, 1.165) is 44.9 Å². The maximum absolute atomic E-state index is 12.5. The van der Waals surface area contributed by atoms with E-state index in [1.165, 1.54) is 327 Å². The lowest BCUT2D eigenvalue weighted by Crippen LogP contribution is -2.45. The molecule has 0 fully saturated rings. The average molecular weight is 1110 g/mol. The van der Waals surface area contributed by atoms with Gasteiger partial charge in [-0.1, -0.05) is 340 Å². The fourth-order valence-corrected chi connectivity index (χ4v) is 11.5. The summed E-state index contributed by atoms with van der Waals surface area (Å²) in [5.74, 6) is -0.0183. The van der Waals surface area contributed by atoms with E-state index >= 15 is 0 Å². The molecule has 3 N–H and O–H groups in total. The number of carbonyl (C=O) groups excluding carboxylic acids is 2. The first kappa shape index (κ1) is 77.3. The molecule has 0 heterocycles. The van der Waals surface area contributed by atoms with Crippen LogP contribution in [-0.4, -0.2) is 47.4 Å². The van der Waals surface area contributed by atoms with E-state index in [-0.39, 0.29) is 18.5 Å². The van der Waals surface area contributed by atoms with Gasteiger partial charge in [0, 0.05) is 12.8 Å². The van der Waals surface area contributed by atoms with Crippen LogP contribution in [0.25, 0.3) is 0 Å². The summed E-state index contributed by atoms with van der Waals surface area (Å²) in [6.07, 6.45) is 86.7. The smallest absolute Gasteiger partial charge is 0.305 e. The molecule has 0 aliphatic heterocycles. The molecule has 6 heteroatoms. The highest BCUT2D eigenvalue weighted by Crippen LogP contribution is 2.19. The molecule has 468 valence electrons. The fourth-order valence-electron chi connectivity index (χ4n) is 11.5. The van der Waals surface area contributed by atoms with Crippen LogP contribution in [0.5, 0.6) is 0 Å². The first-order valence-electron chi connectivity index (χ1n) is 36.1. The van der Waals surface area contributed by atoms with E-state index in [9.17, 15) is 19.8 Å². The first-order valence-corrected chi connectivity index (χ1v) is 36.1. The highest BCUT2D eigenvalue weighted by atomic mass is 16.5. The second-order valence-electron chi connectivity index (χ2n) is 24.9. The Kier molecular flexibility index (Phi) is 67.4. The van der Waals surface area contributed by atoms with E-state index in [2.05, 4.69) is 43.5 Å². The second kappa shape index (κ2) is 68.8. The van der Waals surface area contributed by atoms with Crippen molar-refractivity contribution in [2.75, 3.05) is 13.2 Å². The van der Waals surface area contributed by atoms with E-state index in [1.54, 1.807) is 0 Å². The Labute approximate surface area is 494 Å². The van der Waals surface area contributed by atoms with Gasteiger partial charge in [-0.25, -0.2) is 0 Å². The zero-order chi connectivity index (χ0) is 57.1. The maximum Gasteiger partial charge on any atom is 0.305 e. The second-order valence-corrected chi connectivity index (χ2v) is 24.9. The number of amides is 1. The number of carbonyl (C=O) groups is 2. The molecule has 0 radical (unpaired) electrons. The quantitative estimate of drug-likeness (QED) is 0.0320. The Hall–Kier alpha value is -1.66. The van der Waals surface area contributed by atoms with Crippen LogP contribution in [0.4, 0.5) is 0 Å². The van der Waals surface area contributed by atoms with Crippen molar-refractivity contribution in [3.8, 4) is 0 Å². The van der Waals surface area contributed by atoms with E-state index in [1.807, 2.05) is 0 Å². The molecule has 2 atom stereocenters. The van der Waals surface area contributed by atoms with Gasteiger partial charge in [-0.15, -0.1) is 0 Å². The van der Waals surface area contributed by atoms with Crippen LogP contribution in [0.2, 0.25) is 0 Å². The number of nitrogens with one attached hydrogen (secondary N) is 1. The van der Waals surface area contributed by atoms with E-state index < -0.39 is 12.1 Å². The third-order valence-corrected chi connectivity index (χ3v) is 17.0. The third kappa shape index (κ3) is 65.4. The Bertz CT molecular complexity index is 1230. The number of aliphatic hydroxyl groups is 2. The third-order valence-electron chi connectivity index (χ3n) is 17.0. The molecule has 0 rings (SSSR count). The molecular formula is C73H141NO5. The van der Waals surface area contributed by atoms with Gasteiger partial charge in [0.2, 0.25) is 5.91 Å². The Morgan fingerprint density at radius 2 is 0.595 bits per heavy atom. The van der Waals surface area contributed by atoms with Crippen molar-refractivity contribution in [2.24, 2.45) is 0 Å². The largest absolute Gasteiger partial charge is 0.466 e. The lowest BCUT2D eigenvalue weighted by Gasteiger charge is -2.22. The van der Waals surface area contributed by atoms with Crippen molar-refractivity contribution in [1.29, 1.82) is 0 Å². The summed E-state index contributed by atoms with van der Waals surface area (Å²) in [4.78, 5) is 24.6. The van der Waals surface area contributed by atoms with Crippen LogP contribution in [0.1, 0.15) is 406 Å². The molecule has 0 saturated carbocycles. The lowest BCUT2D eigenvalue weighted by atomic mass is 10.0. The maximum atomic E-state index is 12.5. The number of hydrogen-bond donors (Lipinski definition) is 3. The fraction of sp³-hybridized carbons (Fsp3) is 0.918. The van der Waals surface area contributed by atoms with Crippen LogP contribution in [0.3, 0.4) is 0 Å². The number of rotatable bonds is 68. The molecule has 1 amide bonds. The molecule has 0 aromatic heterocycles. The van der Waals surface area contributed by atoms with Crippen molar-refractivity contribution in [3.05, 3.63) is 24.3 Å². The van der Waals surface area contributed by atoms with Crippen molar-refractivity contribution in [2.45, 2.75) is 418 Å². The minimum absolute atomic E-state index is 0.0115. The molecule has 0 saturated heterocycles. The van der Waals surface area contributed by atoms with Crippen LogP contribution in [-0.2, 0) is 14.3 Å². The van der Waals surface area contributed by atoms with Gasteiger partial charge in [-0.3, -0.25) is 9.59 Å². The van der Waals surface area contributed by atoms with Gasteiger partial charge < -0.3 is 20.3 Å². The Morgan fingerprint density at radius 3 is 0.899 bits per heavy atom. The van der Waals surface area contributed by atoms with Gasteiger partial charge in [-0.2, -0.15) is 0 Å². The normalized spacial score (nSPS) is 12.6. The molecule has 0 aliphatic carbocycles. The van der Waals surface area contributed by atoms with Gasteiger partial charge in [0.05, 0.1) is 25.4 Å². The van der Waals surface area contributed by atoms with Crippen molar-refractivity contribution < 1.29 is 24.5 Å². The van der Waals surface area contributed by atoms with E-state index in [4.69, 9.17) is 4.74 Å². The van der Waals surface area contributed by atoms with Crippen molar-refractivity contribution >= 4 is 11.9 Å². The summed E-state index contributed by atoms with van der Waals surface area (Å²) in [7, 11) is 0. The minimum Gasteiger partial charge on any atom is -0.466 e. The van der Waals surface area contributed by atoms with Gasteiger partial charge in [-0.05, 0) is 77.0 Å². The van der Waals surface area contributed by atoms with Gasteiger partial charge in [0.15, 0.2) is 0 Å². The molecule has 0 aliphatic rings. The van der Waals surface area contributed by atoms with Crippen LogP contribution >= 0.6 is 0 Å². The molecule has 0 aromatic rings. The number of hydrogen-bond acceptors (Lipinski definition) is 5. The summed E-state index contributed by atoms with van der Waals surface area (Å²) in [6, 6.07) is -0.539. The predicted octanol–water partition coefficient (Wildman–Crippen LogP) is 23.3. The zero-order valence-electron chi connectivity index (χ0n) is 53.6. The average Bonchev–Trinajstić information content (AvgIpc) is 3.45. The molecule has 79 heavy (non-hydrogen) atoms.